The van der Waals surface area contributed by atoms with Crippen molar-refractivity contribution >= 4 is 41.5 Å². The molecular weight excluding hydrogens is 527 g/mol. The Morgan fingerprint density at radius 2 is 1.91 bits per heavy atom. The van der Waals surface area contributed by atoms with Gasteiger partial charge in [-0.15, -0.1) is 24.0 Å². The van der Waals surface area contributed by atoms with Crippen molar-refractivity contribution in [2.45, 2.75) is 38.3 Å². The van der Waals surface area contributed by atoms with E-state index >= 15 is 0 Å². The quantitative estimate of drug-likeness (QED) is 0.211. The van der Waals surface area contributed by atoms with Gasteiger partial charge in [-0.1, -0.05) is 42.5 Å². The molecule has 4 rings (SSSR count). The number of rotatable bonds is 9. The van der Waals surface area contributed by atoms with E-state index in [2.05, 4.69) is 58.3 Å². The molecule has 0 radical (unpaired) electrons. The van der Waals surface area contributed by atoms with E-state index in [-0.39, 0.29) is 41.8 Å². The number of aliphatic imine (C=N–C) groups is 1. The number of hydrogen-bond donors (Lipinski definition) is 3. The van der Waals surface area contributed by atoms with Crippen molar-refractivity contribution in [2.75, 3.05) is 18.4 Å². The second-order valence-corrected chi connectivity index (χ2v) is 8.15. The summed E-state index contributed by atoms with van der Waals surface area (Å²) in [6.07, 6.45) is 5.82. The van der Waals surface area contributed by atoms with Gasteiger partial charge in [0.15, 0.2) is 5.96 Å². The van der Waals surface area contributed by atoms with Gasteiger partial charge in [0.2, 0.25) is 5.91 Å². The van der Waals surface area contributed by atoms with E-state index in [0.29, 0.717) is 6.54 Å². The Bertz CT molecular complexity index is 1050. The van der Waals surface area contributed by atoms with Crippen LogP contribution in [0.5, 0.6) is 0 Å². The molecule has 0 aliphatic heterocycles. The van der Waals surface area contributed by atoms with E-state index in [1.165, 1.54) is 18.4 Å². The average Bonchev–Trinajstić information content (AvgIpc) is 3.44. The number of guanidine groups is 1. The minimum absolute atomic E-state index is 0. The summed E-state index contributed by atoms with van der Waals surface area (Å²) < 4.78 is 1.60. The standard InChI is InChI=1S/C25H30N6O.HI/c1-2-26-24(28-19-25(12-13-25)21-9-4-3-5-10-21)27-17-20-8-6-11-22(16-20)30-23(32)18-31-15-7-14-29-31;/h3-11,14-16H,2,12-13,17-19H2,1H3,(H,30,32)(H2,26,27,28);1H. The van der Waals surface area contributed by atoms with Gasteiger partial charge < -0.3 is 16.0 Å². The van der Waals surface area contributed by atoms with E-state index in [1.807, 2.05) is 24.3 Å². The second kappa shape index (κ2) is 11.8. The first-order valence-corrected chi connectivity index (χ1v) is 11.1. The Hall–Kier alpha value is -2.88. The molecule has 33 heavy (non-hydrogen) atoms. The first-order chi connectivity index (χ1) is 15.7. The van der Waals surface area contributed by atoms with Crippen LogP contribution < -0.4 is 16.0 Å². The maximum absolute atomic E-state index is 12.2. The molecule has 1 aromatic heterocycles. The number of carbonyl (C=O) groups excluding carboxylic acids is 1. The van der Waals surface area contributed by atoms with E-state index in [9.17, 15) is 4.79 Å². The van der Waals surface area contributed by atoms with Gasteiger partial charge in [-0.3, -0.25) is 9.48 Å². The Kier molecular flexibility index (Phi) is 8.87. The van der Waals surface area contributed by atoms with Crippen LogP contribution in [-0.2, 0) is 23.3 Å². The molecule has 7 nitrogen and oxygen atoms in total. The zero-order chi connectivity index (χ0) is 22.2. The summed E-state index contributed by atoms with van der Waals surface area (Å²) >= 11 is 0. The average molecular weight is 558 g/mol. The SMILES string of the molecule is CCNC(=NCc1cccc(NC(=O)Cn2cccn2)c1)NCC1(c2ccccc2)CC1.I. The molecule has 1 fully saturated rings. The molecule has 1 amide bonds. The molecule has 0 bridgehead atoms. The van der Waals surface area contributed by atoms with E-state index in [0.717, 1.165) is 30.3 Å². The van der Waals surface area contributed by atoms with E-state index in [4.69, 9.17) is 4.99 Å². The topological polar surface area (TPSA) is 83.3 Å². The van der Waals surface area contributed by atoms with Gasteiger partial charge in [0, 0.05) is 36.6 Å². The molecule has 1 heterocycles. The first kappa shape index (κ1) is 24.8. The van der Waals surface area contributed by atoms with Crippen LogP contribution in [0.4, 0.5) is 5.69 Å². The zero-order valence-electron chi connectivity index (χ0n) is 18.8. The lowest BCUT2D eigenvalue weighted by Gasteiger charge is -2.19. The monoisotopic (exact) mass is 558 g/mol. The van der Waals surface area contributed by atoms with Crippen LogP contribution in [0.15, 0.2) is 78.0 Å². The highest BCUT2D eigenvalue weighted by Gasteiger charge is 2.43. The number of anilines is 1. The lowest BCUT2D eigenvalue weighted by molar-refractivity contribution is -0.116. The number of nitrogens with one attached hydrogen (secondary N) is 3. The largest absolute Gasteiger partial charge is 0.357 e. The van der Waals surface area contributed by atoms with E-state index < -0.39 is 0 Å². The van der Waals surface area contributed by atoms with Gasteiger partial charge in [0.1, 0.15) is 6.54 Å². The van der Waals surface area contributed by atoms with Crippen molar-refractivity contribution in [3.63, 3.8) is 0 Å². The fourth-order valence-corrected chi connectivity index (χ4v) is 3.76. The van der Waals surface area contributed by atoms with Crippen LogP contribution in [0.2, 0.25) is 0 Å². The van der Waals surface area contributed by atoms with Crippen molar-refractivity contribution in [1.82, 2.24) is 20.4 Å². The van der Waals surface area contributed by atoms with Crippen LogP contribution >= 0.6 is 24.0 Å². The molecule has 174 valence electrons. The molecule has 0 unspecified atom stereocenters. The van der Waals surface area contributed by atoms with Crippen LogP contribution in [0, 0.1) is 0 Å². The number of aromatic nitrogens is 2. The fourth-order valence-electron chi connectivity index (χ4n) is 3.76. The third kappa shape index (κ3) is 7.05. The lowest BCUT2D eigenvalue weighted by atomic mass is 9.96. The van der Waals surface area contributed by atoms with Gasteiger partial charge in [-0.25, -0.2) is 4.99 Å². The highest BCUT2D eigenvalue weighted by molar-refractivity contribution is 14.0. The van der Waals surface area contributed by atoms with Crippen molar-refractivity contribution in [3.05, 3.63) is 84.2 Å². The predicted octanol–water partition coefficient (Wildman–Crippen LogP) is 3.93. The summed E-state index contributed by atoms with van der Waals surface area (Å²) in [5.41, 5.74) is 3.40. The lowest BCUT2D eigenvalue weighted by Crippen LogP contribution is -2.41. The summed E-state index contributed by atoms with van der Waals surface area (Å²) in [5, 5.41) is 13.8. The maximum Gasteiger partial charge on any atom is 0.246 e. The van der Waals surface area contributed by atoms with Gasteiger partial charge in [0.05, 0.1) is 6.54 Å². The summed E-state index contributed by atoms with van der Waals surface area (Å²) in [6, 6.07) is 20.3. The molecule has 8 heteroatoms. The number of hydrogen-bond acceptors (Lipinski definition) is 3. The van der Waals surface area contributed by atoms with Crippen molar-refractivity contribution in [1.29, 1.82) is 0 Å². The van der Waals surface area contributed by atoms with Gasteiger partial charge in [-0.05, 0) is 49.1 Å². The number of halogens is 1. The molecule has 2 aromatic carbocycles. The Labute approximate surface area is 212 Å². The normalized spacial score (nSPS) is 14.2. The van der Waals surface area contributed by atoms with Crippen molar-refractivity contribution < 1.29 is 4.79 Å². The molecule has 0 atom stereocenters. The predicted molar refractivity (Wildman–Crippen MR) is 143 cm³/mol. The zero-order valence-corrected chi connectivity index (χ0v) is 21.2. The number of nitrogens with zero attached hydrogens (tertiary/aromatic N) is 3. The fraction of sp³-hybridized carbons (Fsp3) is 0.320. The number of amides is 1. The summed E-state index contributed by atoms with van der Waals surface area (Å²) in [5.74, 6) is 0.697. The number of benzene rings is 2. The summed E-state index contributed by atoms with van der Waals surface area (Å²) in [7, 11) is 0. The van der Waals surface area contributed by atoms with E-state index in [1.54, 1.807) is 23.1 Å². The Morgan fingerprint density at radius 3 is 2.61 bits per heavy atom. The highest BCUT2D eigenvalue weighted by atomic mass is 127. The highest BCUT2D eigenvalue weighted by Crippen LogP contribution is 2.47. The minimum Gasteiger partial charge on any atom is -0.357 e. The molecular formula is C25H31IN6O. The Morgan fingerprint density at radius 1 is 1.09 bits per heavy atom. The third-order valence-corrected chi connectivity index (χ3v) is 5.67. The molecule has 3 aromatic rings. The van der Waals surface area contributed by atoms with Gasteiger partial charge in [0.25, 0.3) is 0 Å². The maximum atomic E-state index is 12.2. The van der Waals surface area contributed by atoms with Gasteiger partial charge >= 0.3 is 0 Å². The Balaban J connectivity index is 0.00000306. The third-order valence-electron chi connectivity index (χ3n) is 5.67. The van der Waals surface area contributed by atoms with Crippen molar-refractivity contribution in [3.8, 4) is 0 Å². The van der Waals surface area contributed by atoms with Crippen LogP contribution in [0.3, 0.4) is 0 Å². The molecule has 1 aliphatic carbocycles. The van der Waals surface area contributed by atoms with Crippen LogP contribution in [0.1, 0.15) is 30.9 Å². The molecule has 0 spiro atoms. The smallest absolute Gasteiger partial charge is 0.246 e. The molecule has 3 N–H and O–H groups in total. The number of carbonyl (C=O) groups is 1. The second-order valence-electron chi connectivity index (χ2n) is 8.15. The van der Waals surface area contributed by atoms with Gasteiger partial charge in [-0.2, -0.15) is 5.10 Å². The first-order valence-electron chi connectivity index (χ1n) is 11.1. The van der Waals surface area contributed by atoms with Crippen LogP contribution in [0.25, 0.3) is 0 Å². The molecule has 0 saturated heterocycles. The summed E-state index contributed by atoms with van der Waals surface area (Å²) in [4.78, 5) is 17.0. The molecule has 1 aliphatic rings. The van der Waals surface area contributed by atoms with Crippen LogP contribution in [-0.4, -0.2) is 34.7 Å². The van der Waals surface area contributed by atoms with Crippen molar-refractivity contribution in [2.24, 2.45) is 4.99 Å². The minimum atomic E-state index is -0.111. The summed E-state index contributed by atoms with van der Waals surface area (Å²) in [6.45, 7) is 4.45. The molecule has 1 saturated carbocycles.